The maximum absolute atomic E-state index is 12.1. The molecule has 0 bridgehead atoms. The van der Waals surface area contributed by atoms with Gasteiger partial charge in [0.25, 0.3) is 0 Å². The van der Waals surface area contributed by atoms with E-state index in [1.165, 1.54) is 7.11 Å². The summed E-state index contributed by atoms with van der Waals surface area (Å²) in [5.41, 5.74) is 1.23. The second-order valence-corrected chi connectivity index (χ2v) is 4.14. The molecule has 0 amide bonds. The smallest absolute Gasteiger partial charge is 0.238 e. The molecule has 0 atom stereocenters. The van der Waals surface area contributed by atoms with Crippen molar-refractivity contribution in [1.29, 1.82) is 0 Å². The molecule has 0 saturated heterocycles. The number of carbonyl (C=O) groups is 2. The largest absolute Gasteiger partial charge is 0.496 e. The number of carbonyl (C=O) groups excluding carboxylic acids is 2. The molecule has 0 N–H and O–H groups in total. The highest BCUT2D eigenvalue weighted by Crippen LogP contribution is 2.39. The standard InChI is InChI=1S/C14H10O4/c1-7-6-9-12(15)13(16)11-8(14(9)18-7)4-3-5-10(11)17-2/h3-6H,1-2H3. The van der Waals surface area contributed by atoms with Crippen molar-refractivity contribution in [3.63, 3.8) is 0 Å². The summed E-state index contributed by atoms with van der Waals surface area (Å²) in [5.74, 6) is 0.364. The monoisotopic (exact) mass is 242 g/mol. The van der Waals surface area contributed by atoms with Gasteiger partial charge in [0.2, 0.25) is 11.6 Å². The maximum atomic E-state index is 12.1. The third-order valence-electron chi connectivity index (χ3n) is 3.02. The molecule has 0 radical (unpaired) electrons. The van der Waals surface area contributed by atoms with Crippen LogP contribution < -0.4 is 4.74 Å². The molecule has 0 fully saturated rings. The highest BCUT2D eigenvalue weighted by Gasteiger charge is 2.35. The molecule has 1 aromatic heterocycles. The molecule has 2 aromatic rings. The molecule has 1 heterocycles. The van der Waals surface area contributed by atoms with Gasteiger partial charge in [-0.1, -0.05) is 12.1 Å². The Morgan fingerprint density at radius 2 is 1.89 bits per heavy atom. The van der Waals surface area contributed by atoms with Crippen LogP contribution in [0, 0.1) is 6.92 Å². The summed E-state index contributed by atoms with van der Waals surface area (Å²) in [5, 5.41) is 0. The normalized spacial score (nSPS) is 13.2. The van der Waals surface area contributed by atoms with Gasteiger partial charge in [-0.15, -0.1) is 0 Å². The average molecular weight is 242 g/mol. The lowest BCUT2D eigenvalue weighted by Crippen LogP contribution is -2.20. The van der Waals surface area contributed by atoms with Crippen LogP contribution in [0.2, 0.25) is 0 Å². The molecular weight excluding hydrogens is 232 g/mol. The van der Waals surface area contributed by atoms with Crippen molar-refractivity contribution in [3.05, 3.63) is 41.2 Å². The predicted octanol–water partition coefficient (Wildman–Crippen LogP) is 2.64. The highest BCUT2D eigenvalue weighted by atomic mass is 16.5. The van der Waals surface area contributed by atoms with E-state index in [2.05, 4.69) is 0 Å². The van der Waals surface area contributed by atoms with Crippen molar-refractivity contribution in [2.75, 3.05) is 7.11 Å². The van der Waals surface area contributed by atoms with Crippen LogP contribution in [0.15, 0.2) is 28.7 Å². The fourth-order valence-corrected chi connectivity index (χ4v) is 2.24. The van der Waals surface area contributed by atoms with Crippen LogP contribution in [0.4, 0.5) is 0 Å². The Kier molecular flexibility index (Phi) is 2.13. The van der Waals surface area contributed by atoms with Crippen LogP contribution in [0.25, 0.3) is 11.3 Å². The highest BCUT2D eigenvalue weighted by molar-refractivity contribution is 6.53. The number of Topliss-reactive ketones (excluding diaryl/α,β-unsaturated/α-hetero) is 2. The number of hydrogen-bond donors (Lipinski definition) is 0. The van der Waals surface area contributed by atoms with Crippen molar-refractivity contribution in [2.45, 2.75) is 6.92 Å². The van der Waals surface area contributed by atoms with Crippen LogP contribution in [0.5, 0.6) is 5.75 Å². The van der Waals surface area contributed by atoms with E-state index in [0.29, 0.717) is 28.4 Å². The summed E-state index contributed by atoms with van der Waals surface area (Å²) >= 11 is 0. The zero-order chi connectivity index (χ0) is 12.9. The Hall–Kier alpha value is -2.36. The first-order valence-electron chi connectivity index (χ1n) is 5.50. The van der Waals surface area contributed by atoms with Gasteiger partial charge in [0.1, 0.15) is 17.3 Å². The molecule has 0 saturated carbocycles. The third kappa shape index (κ3) is 1.26. The third-order valence-corrected chi connectivity index (χ3v) is 3.02. The second kappa shape index (κ2) is 3.57. The summed E-state index contributed by atoms with van der Waals surface area (Å²) in [6, 6.07) is 6.77. The van der Waals surface area contributed by atoms with Gasteiger partial charge in [-0.2, -0.15) is 0 Å². The fourth-order valence-electron chi connectivity index (χ4n) is 2.24. The number of methoxy groups -OCH3 is 1. The van der Waals surface area contributed by atoms with Gasteiger partial charge >= 0.3 is 0 Å². The van der Waals surface area contributed by atoms with Crippen molar-refractivity contribution in [1.82, 2.24) is 0 Å². The summed E-state index contributed by atoms with van der Waals surface area (Å²) in [7, 11) is 1.47. The molecule has 1 aliphatic carbocycles. The Morgan fingerprint density at radius 3 is 2.61 bits per heavy atom. The lowest BCUT2D eigenvalue weighted by molar-refractivity contribution is 0.0812. The molecule has 4 heteroatoms. The van der Waals surface area contributed by atoms with Gasteiger partial charge in [-0.3, -0.25) is 9.59 Å². The van der Waals surface area contributed by atoms with E-state index < -0.39 is 11.6 Å². The molecule has 0 spiro atoms. The number of rotatable bonds is 1. The molecule has 3 rings (SSSR count). The van der Waals surface area contributed by atoms with Gasteiger partial charge < -0.3 is 9.15 Å². The van der Waals surface area contributed by atoms with E-state index in [1.54, 1.807) is 31.2 Å². The van der Waals surface area contributed by atoms with Crippen LogP contribution in [-0.2, 0) is 0 Å². The molecule has 1 aromatic carbocycles. The average Bonchev–Trinajstić information content (AvgIpc) is 2.77. The van der Waals surface area contributed by atoms with Crippen LogP contribution >= 0.6 is 0 Å². The summed E-state index contributed by atoms with van der Waals surface area (Å²) in [6.07, 6.45) is 0. The Morgan fingerprint density at radius 1 is 1.11 bits per heavy atom. The SMILES string of the molecule is COc1cccc2c1C(=O)C(=O)c1cc(C)oc1-2. The van der Waals surface area contributed by atoms with E-state index in [0.717, 1.165) is 0 Å². The predicted molar refractivity (Wildman–Crippen MR) is 64.1 cm³/mol. The molecule has 1 aliphatic rings. The van der Waals surface area contributed by atoms with E-state index in [9.17, 15) is 9.59 Å². The maximum Gasteiger partial charge on any atom is 0.238 e. The lowest BCUT2D eigenvalue weighted by Gasteiger charge is -2.15. The minimum Gasteiger partial charge on any atom is -0.496 e. The van der Waals surface area contributed by atoms with Gasteiger partial charge in [0.15, 0.2) is 0 Å². The molecular formula is C14H10O4. The van der Waals surface area contributed by atoms with Crippen LogP contribution in [0.1, 0.15) is 26.5 Å². The van der Waals surface area contributed by atoms with Crippen LogP contribution in [-0.4, -0.2) is 18.7 Å². The van der Waals surface area contributed by atoms with Gasteiger partial charge in [0.05, 0.1) is 18.2 Å². The Bertz CT molecular complexity index is 679. The number of ketones is 2. The van der Waals surface area contributed by atoms with E-state index >= 15 is 0 Å². The summed E-state index contributed by atoms with van der Waals surface area (Å²) in [4.78, 5) is 24.1. The summed E-state index contributed by atoms with van der Waals surface area (Å²) in [6.45, 7) is 1.75. The first-order valence-corrected chi connectivity index (χ1v) is 5.50. The van der Waals surface area contributed by atoms with E-state index in [4.69, 9.17) is 9.15 Å². The number of furan rings is 1. The molecule has 4 nitrogen and oxygen atoms in total. The zero-order valence-electron chi connectivity index (χ0n) is 9.94. The lowest BCUT2D eigenvalue weighted by atomic mass is 9.88. The van der Waals surface area contributed by atoms with Crippen molar-refractivity contribution < 1.29 is 18.7 Å². The topological polar surface area (TPSA) is 56.5 Å². The van der Waals surface area contributed by atoms with E-state index in [1.807, 2.05) is 0 Å². The molecule has 90 valence electrons. The zero-order valence-corrected chi connectivity index (χ0v) is 9.94. The summed E-state index contributed by atoms with van der Waals surface area (Å²) < 4.78 is 10.7. The van der Waals surface area contributed by atoms with Crippen molar-refractivity contribution in [2.24, 2.45) is 0 Å². The molecule has 18 heavy (non-hydrogen) atoms. The quantitative estimate of drug-likeness (QED) is 0.721. The number of fused-ring (bicyclic) bond motifs is 3. The van der Waals surface area contributed by atoms with Gasteiger partial charge in [-0.05, 0) is 19.1 Å². The van der Waals surface area contributed by atoms with Crippen molar-refractivity contribution >= 4 is 11.6 Å². The molecule has 0 unspecified atom stereocenters. The number of benzene rings is 1. The van der Waals surface area contributed by atoms with Crippen LogP contribution in [0.3, 0.4) is 0 Å². The van der Waals surface area contributed by atoms with E-state index in [-0.39, 0.29) is 5.56 Å². The fraction of sp³-hybridized carbons (Fsp3) is 0.143. The van der Waals surface area contributed by atoms with Gasteiger partial charge in [0, 0.05) is 5.56 Å². The number of hydrogen-bond acceptors (Lipinski definition) is 4. The minimum absolute atomic E-state index is 0.284. The first kappa shape index (κ1) is 10.8. The van der Waals surface area contributed by atoms with Crippen molar-refractivity contribution in [3.8, 4) is 17.1 Å². The number of ether oxygens (including phenoxy) is 1. The number of aryl methyl sites for hydroxylation is 1. The Balaban J connectivity index is 2.39. The molecule has 0 aliphatic heterocycles. The van der Waals surface area contributed by atoms with Gasteiger partial charge in [-0.25, -0.2) is 0 Å². The minimum atomic E-state index is -0.546. The Labute approximate surface area is 103 Å². The first-order chi connectivity index (χ1) is 8.63. The second-order valence-electron chi connectivity index (χ2n) is 4.14.